The monoisotopic (exact) mass is 345 g/mol. The Bertz CT molecular complexity index is 552. The normalized spacial score (nSPS) is 21.7. The van der Waals surface area contributed by atoms with Crippen LogP contribution in [-0.4, -0.2) is 49.6 Å². The van der Waals surface area contributed by atoms with Crippen molar-refractivity contribution in [1.29, 1.82) is 0 Å². The quantitative estimate of drug-likeness (QED) is 0.892. The number of carbonyl (C=O) groups is 1. The highest BCUT2D eigenvalue weighted by atomic mass is 35.5. The summed E-state index contributed by atoms with van der Waals surface area (Å²) in [7, 11) is 0. The SMILES string of the molecule is Cl.O=C([C@@H]1CCCN1)N1CCCN(c2ccc(F)cc2F)CC1. The summed E-state index contributed by atoms with van der Waals surface area (Å²) < 4.78 is 26.9. The van der Waals surface area contributed by atoms with Gasteiger partial charge >= 0.3 is 0 Å². The van der Waals surface area contributed by atoms with Gasteiger partial charge in [0.25, 0.3) is 0 Å². The fraction of sp³-hybridized carbons (Fsp3) is 0.562. The molecule has 2 heterocycles. The summed E-state index contributed by atoms with van der Waals surface area (Å²) in [5, 5.41) is 3.23. The number of hydrogen-bond donors (Lipinski definition) is 1. The van der Waals surface area contributed by atoms with E-state index in [1.807, 2.05) is 9.80 Å². The first-order valence-corrected chi connectivity index (χ1v) is 7.87. The first-order chi connectivity index (χ1) is 10.6. The average Bonchev–Trinajstić information content (AvgIpc) is 2.92. The molecule has 0 unspecified atom stereocenters. The molecule has 2 aliphatic rings. The van der Waals surface area contributed by atoms with Crippen molar-refractivity contribution in [2.24, 2.45) is 0 Å². The molecular formula is C16H22ClF2N3O. The van der Waals surface area contributed by atoms with E-state index in [0.717, 1.165) is 31.9 Å². The van der Waals surface area contributed by atoms with E-state index < -0.39 is 11.6 Å². The van der Waals surface area contributed by atoms with Crippen molar-refractivity contribution in [3.63, 3.8) is 0 Å². The van der Waals surface area contributed by atoms with Crippen molar-refractivity contribution in [3.05, 3.63) is 29.8 Å². The van der Waals surface area contributed by atoms with E-state index in [1.165, 1.54) is 12.1 Å². The van der Waals surface area contributed by atoms with Gasteiger partial charge < -0.3 is 15.1 Å². The predicted molar refractivity (Wildman–Crippen MR) is 88.0 cm³/mol. The van der Waals surface area contributed by atoms with Crippen molar-refractivity contribution < 1.29 is 13.6 Å². The van der Waals surface area contributed by atoms with Gasteiger partial charge in [0.1, 0.15) is 11.6 Å². The van der Waals surface area contributed by atoms with Crippen LogP contribution in [0.4, 0.5) is 14.5 Å². The third-order valence-corrected chi connectivity index (χ3v) is 4.42. The molecule has 2 fully saturated rings. The van der Waals surface area contributed by atoms with Crippen LogP contribution in [0.15, 0.2) is 18.2 Å². The van der Waals surface area contributed by atoms with Crippen molar-refractivity contribution in [2.75, 3.05) is 37.6 Å². The van der Waals surface area contributed by atoms with Crippen LogP contribution in [0, 0.1) is 11.6 Å². The van der Waals surface area contributed by atoms with Crippen molar-refractivity contribution in [3.8, 4) is 0 Å². The Balaban J connectivity index is 0.00000192. The molecule has 3 rings (SSSR count). The molecule has 128 valence electrons. The first-order valence-electron chi connectivity index (χ1n) is 7.87. The molecular weight excluding hydrogens is 324 g/mol. The van der Waals surface area contributed by atoms with Crippen molar-refractivity contribution in [2.45, 2.75) is 25.3 Å². The Morgan fingerprint density at radius 3 is 2.65 bits per heavy atom. The van der Waals surface area contributed by atoms with Crippen LogP contribution < -0.4 is 10.2 Å². The molecule has 0 saturated carbocycles. The third kappa shape index (κ3) is 4.12. The van der Waals surface area contributed by atoms with E-state index in [9.17, 15) is 13.6 Å². The number of halogens is 3. The molecule has 1 N–H and O–H groups in total. The van der Waals surface area contributed by atoms with Gasteiger partial charge in [-0.2, -0.15) is 0 Å². The molecule has 4 nitrogen and oxygen atoms in total. The zero-order valence-electron chi connectivity index (χ0n) is 12.9. The molecule has 0 radical (unpaired) electrons. The molecule has 1 aromatic rings. The Morgan fingerprint density at radius 1 is 1.13 bits per heavy atom. The fourth-order valence-electron chi connectivity index (χ4n) is 3.23. The summed E-state index contributed by atoms with van der Waals surface area (Å²) in [6.45, 7) is 3.41. The Hall–Kier alpha value is -1.40. The van der Waals surface area contributed by atoms with E-state index in [4.69, 9.17) is 0 Å². The van der Waals surface area contributed by atoms with Crippen LogP contribution in [0.25, 0.3) is 0 Å². The molecule has 0 spiro atoms. The Labute approximate surface area is 141 Å². The number of carbonyl (C=O) groups excluding carboxylic acids is 1. The maximum atomic E-state index is 13.9. The zero-order valence-corrected chi connectivity index (χ0v) is 13.7. The van der Waals surface area contributed by atoms with Gasteiger partial charge in [-0.25, -0.2) is 8.78 Å². The van der Waals surface area contributed by atoms with Gasteiger partial charge in [-0.05, 0) is 37.9 Å². The molecule has 1 aromatic carbocycles. The van der Waals surface area contributed by atoms with E-state index in [0.29, 0.717) is 31.9 Å². The van der Waals surface area contributed by atoms with E-state index >= 15 is 0 Å². The topological polar surface area (TPSA) is 35.6 Å². The minimum Gasteiger partial charge on any atom is -0.367 e. The van der Waals surface area contributed by atoms with Gasteiger partial charge in [0.2, 0.25) is 5.91 Å². The molecule has 0 bridgehead atoms. The molecule has 0 aromatic heterocycles. The van der Waals surface area contributed by atoms with Crippen LogP contribution in [0.1, 0.15) is 19.3 Å². The van der Waals surface area contributed by atoms with Gasteiger partial charge in [0.15, 0.2) is 0 Å². The maximum absolute atomic E-state index is 13.9. The lowest BCUT2D eigenvalue weighted by Crippen LogP contribution is -2.45. The van der Waals surface area contributed by atoms with Crippen LogP contribution in [-0.2, 0) is 4.79 Å². The summed E-state index contributed by atoms with van der Waals surface area (Å²) in [5.74, 6) is -0.962. The number of rotatable bonds is 2. The number of hydrogen-bond acceptors (Lipinski definition) is 3. The highest BCUT2D eigenvalue weighted by Crippen LogP contribution is 2.22. The predicted octanol–water partition coefficient (Wildman–Crippen LogP) is 2.18. The summed E-state index contributed by atoms with van der Waals surface area (Å²) in [4.78, 5) is 16.2. The number of nitrogens with zero attached hydrogens (tertiary/aromatic N) is 2. The highest BCUT2D eigenvalue weighted by Gasteiger charge is 2.28. The van der Waals surface area contributed by atoms with E-state index in [2.05, 4.69) is 5.32 Å². The van der Waals surface area contributed by atoms with E-state index in [1.54, 1.807) is 0 Å². The second-order valence-corrected chi connectivity index (χ2v) is 5.91. The summed E-state index contributed by atoms with van der Waals surface area (Å²) >= 11 is 0. The summed E-state index contributed by atoms with van der Waals surface area (Å²) in [6.07, 6.45) is 2.72. The van der Waals surface area contributed by atoms with Gasteiger partial charge in [-0.1, -0.05) is 0 Å². The molecule has 2 saturated heterocycles. The van der Waals surface area contributed by atoms with Crippen LogP contribution in [0.5, 0.6) is 0 Å². The van der Waals surface area contributed by atoms with Crippen molar-refractivity contribution >= 4 is 24.0 Å². The number of anilines is 1. The van der Waals surface area contributed by atoms with Gasteiger partial charge in [-0.3, -0.25) is 4.79 Å². The van der Waals surface area contributed by atoms with Crippen LogP contribution >= 0.6 is 12.4 Å². The number of amides is 1. The zero-order chi connectivity index (χ0) is 15.5. The molecule has 23 heavy (non-hydrogen) atoms. The second-order valence-electron chi connectivity index (χ2n) is 5.91. The van der Waals surface area contributed by atoms with Crippen LogP contribution in [0.2, 0.25) is 0 Å². The summed E-state index contributed by atoms with van der Waals surface area (Å²) in [5.41, 5.74) is 0.412. The Kier molecular flexibility index (Phi) is 6.18. The Morgan fingerprint density at radius 2 is 1.96 bits per heavy atom. The number of nitrogens with one attached hydrogen (secondary N) is 1. The standard InChI is InChI=1S/C16H21F2N3O.ClH/c17-12-4-5-15(13(18)11-12)20-7-2-8-21(10-9-20)16(22)14-3-1-6-19-14;/h4-5,11,14,19H,1-3,6-10H2;1H/t14-;/m0./s1. The minimum absolute atomic E-state index is 0. The van der Waals surface area contributed by atoms with E-state index in [-0.39, 0.29) is 24.4 Å². The largest absolute Gasteiger partial charge is 0.367 e. The minimum atomic E-state index is -0.569. The first kappa shape index (κ1) is 17.9. The van der Waals surface area contributed by atoms with Crippen molar-refractivity contribution in [1.82, 2.24) is 10.2 Å². The number of benzene rings is 1. The lowest BCUT2D eigenvalue weighted by Gasteiger charge is -2.25. The summed E-state index contributed by atoms with van der Waals surface area (Å²) in [6, 6.07) is 3.59. The molecule has 1 atom stereocenters. The molecule has 0 aliphatic carbocycles. The lowest BCUT2D eigenvalue weighted by atomic mass is 10.2. The highest BCUT2D eigenvalue weighted by molar-refractivity contribution is 5.85. The fourth-order valence-corrected chi connectivity index (χ4v) is 3.23. The van der Waals surface area contributed by atoms with Crippen LogP contribution in [0.3, 0.4) is 0 Å². The second kappa shape index (κ2) is 7.93. The van der Waals surface area contributed by atoms with Gasteiger partial charge in [0, 0.05) is 32.2 Å². The third-order valence-electron chi connectivity index (χ3n) is 4.42. The maximum Gasteiger partial charge on any atom is 0.239 e. The van der Waals surface area contributed by atoms with Gasteiger partial charge in [0.05, 0.1) is 11.7 Å². The lowest BCUT2D eigenvalue weighted by molar-refractivity contribution is -0.132. The molecule has 7 heteroatoms. The van der Waals surface area contributed by atoms with Gasteiger partial charge in [-0.15, -0.1) is 12.4 Å². The smallest absolute Gasteiger partial charge is 0.239 e. The molecule has 1 amide bonds. The molecule has 2 aliphatic heterocycles. The average molecular weight is 346 g/mol.